The van der Waals surface area contributed by atoms with Crippen LogP contribution in [-0.2, 0) is 22.1 Å². The summed E-state index contributed by atoms with van der Waals surface area (Å²) in [7, 11) is -3.01. The van der Waals surface area contributed by atoms with E-state index in [0.717, 1.165) is 27.6 Å². The van der Waals surface area contributed by atoms with Crippen molar-refractivity contribution in [2.75, 3.05) is 6.26 Å². The maximum Gasteiger partial charge on any atom is 0.153 e. The third kappa shape index (κ3) is 2.55. The highest BCUT2D eigenvalue weighted by Crippen LogP contribution is 2.28. The second kappa shape index (κ2) is 4.46. The molecule has 0 N–H and O–H groups in total. The summed E-state index contributed by atoms with van der Waals surface area (Å²) in [6.45, 7) is 2.78. The molecule has 0 aliphatic carbocycles. The summed E-state index contributed by atoms with van der Waals surface area (Å²) in [5.74, 6) is 0.0853. The van der Waals surface area contributed by atoms with Gasteiger partial charge in [-0.05, 0) is 35.0 Å². The van der Waals surface area contributed by atoms with E-state index >= 15 is 0 Å². The van der Waals surface area contributed by atoms with Crippen molar-refractivity contribution in [2.24, 2.45) is 0 Å². The van der Waals surface area contributed by atoms with E-state index in [4.69, 9.17) is 0 Å². The van der Waals surface area contributed by atoms with Crippen LogP contribution in [0.1, 0.15) is 12.6 Å². The Bertz CT molecular complexity index is 658. The van der Waals surface area contributed by atoms with Crippen LogP contribution in [0.4, 0.5) is 0 Å². The molecular weight excluding hydrogens is 302 g/mol. The van der Waals surface area contributed by atoms with Gasteiger partial charge in [-0.25, -0.2) is 8.42 Å². The molecule has 2 aromatic rings. The van der Waals surface area contributed by atoms with Crippen LogP contribution in [0.15, 0.2) is 28.7 Å². The van der Waals surface area contributed by atoms with Crippen molar-refractivity contribution in [3.63, 3.8) is 0 Å². The van der Waals surface area contributed by atoms with Gasteiger partial charge in [0.2, 0.25) is 0 Å². The van der Waals surface area contributed by atoms with Crippen molar-refractivity contribution in [1.29, 1.82) is 0 Å². The molecule has 0 atom stereocenters. The molecule has 92 valence electrons. The topological polar surface area (TPSA) is 39.1 Å². The molecule has 0 aliphatic rings. The molecule has 0 radical (unpaired) electrons. The first kappa shape index (κ1) is 12.6. The fourth-order valence-corrected chi connectivity index (χ4v) is 3.46. The number of para-hydroxylation sites is 1. The van der Waals surface area contributed by atoms with Crippen LogP contribution < -0.4 is 0 Å². The Kier molecular flexibility index (Phi) is 3.32. The summed E-state index contributed by atoms with van der Waals surface area (Å²) in [5, 5.41) is 1.07. The summed E-state index contributed by atoms with van der Waals surface area (Å²) in [5.41, 5.74) is 1.91. The highest BCUT2D eigenvalue weighted by molar-refractivity contribution is 9.10. The van der Waals surface area contributed by atoms with Crippen molar-refractivity contribution >= 4 is 36.7 Å². The van der Waals surface area contributed by atoms with Crippen LogP contribution >= 0.6 is 15.9 Å². The summed E-state index contributed by atoms with van der Waals surface area (Å²) in [6, 6.07) is 7.87. The lowest BCUT2D eigenvalue weighted by Crippen LogP contribution is -2.07. The molecule has 0 amide bonds. The smallest absolute Gasteiger partial charge is 0.153 e. The standard InChI is InChI=1S/C12H14BrNO2S/c1-3-14-10(8-17(2,15)16)7-9-5-4-6-11(13)12(9)14/h4-7H,3,8H2,1-2H3. The highest BCUT2D eigenvalue weighted by Gasteiger charge is 2.13. The van der Waals surface area contributed by atoms with Crippen LogP contribution in [0, 0.1) is 0 Å². The van der Waals surface area contributed by atoms with Crippen LogP contribution in [0.2, 0.25) is 0 Å². The lowest BCUT2D eigenvalue weighted by Gasteiger charge is -2.07. The van der Waals surface area contributed by atoms with Gasteiger partial charge in [0.15, 0.2) is 9.84 Å². The first-order valence-corrected chi connectivity index (χ1v) is 8.22. The molecule has 0 unspecified atom stereocenters. The molecule has 0 saturated carbocycles. The van der Waals surface area contributed by atoms with E-state index in [1.54, 1.807) is 0 Å². The van der Waals surface area contributed by atoms with E-state index in [2.05, 4.69) is 15.9 Å². The van der Waals surface area contributed by atoms with Gasteiger partial charge in [-0.1, -0.05) is 12.1 Å². The fourth-order valence-electron chi connectivity index (χ4n) is 2.08. The second-order valence-corrected chi connectivity index (χ2v) is 7.12. The summed E-state index contributed by atoms with van der Waals surface area (Å²) >= 11 is 3.51. The molecule has 1 aromatic carbocycles. The Morgan fingerprint density at radius 1 is 1.35 bits per heavy atom. The zero-order valence-corrected chi connectivity index (χ0v) is 12.2. The van der Waals surface area contributed by atoms with Crippen LogP contribution in [0.3, 0.4) is 0 Å². The van der Waals surface area contributed by atoms with E-state index in [1.165, 1.54) is 6.26 Å². The Hall–Kier alpha value is -0.810. The van der Waals surface area contributed by atoms with Crippen molar-refractivity contribution < 1.29 is 8.42 Å². The minimum absolute atomic E-state index is 0.0853. The summed E-state index contributed by atoms with van der Waals surface area (Å²) < 4.78 is 25.8. The van der Waals surface area contributed by atoms with Crippen LogP contribution in [0.5, 0.6) is 0 Å². The highest BCUT2D eigenvalue weighted by atomic mass is 79.9. The van der Waals surface area contributed by atoms with E-state index < -0.39 is 9.84 Å². The average Bonchev–Trinajstić information content (AvgIpc) is 2.53. The summed E-state index contributed by atoms with van der Waals surface area (Å²) in [6.07, 6.45) is 1.26. The largest absolute Gasteiger partial charge is 0.343 e. The number of sulfone groups is 1. The number of hydrogen-bond acceptors (Lipinski definition) is 2. The average molecular weight is 316 g/mol. The SMILES string of the molecule is CCn1c(CS(C)(=O)=O)cc2cccc(Br)c21. The fraction of sp³-hybridized carbons (Fsp3) is 0.333. The predicted octanol–water partition coefficient (Wildman–Crippen LogP) is 2.97. The van der Waals surface area contributed by atoms with Crippen LogP contribution in [0.25, 0.3) is 10.9 Å². The van der Waals surface area contributed by atoms with Gasteiger partial charge in [0.05, 0.1) is 11.3 Å². The molecule has 1 heterocycles. The molecule has 0 bridgehead atoms. The van der Waals surface area contributed by atoms with Crippen LogP contribution in [-0.4, -0.2) is 19.2 Å². The monoisotopic (exact) mass is 315 g/mol. The second-order valence-electron chi connectivity index (χ2n) is 4.13. The molecule has 17 heavy (non-hydrogen) atoms. The van der Waals surface area contributed by atoms with Gasteiger partial charge < -0.3 is 4.57 Å². The molecular formula is C12H14BrNO2S. The number of fused-ring (bicyclic) bond motifs is 1. The number of aryl methyl sites for hydroxylation is 1. The van der Waals surface area contributed by atoms with Gasteiger partial charge >= 0.3 is 0 Å². The van der Waals surface area contributed by atoms with Gasteiger partial charge in [0, 0.05) is 28.4 Å². The van der Waals surface area contributed by atoms with E-state index in [-0.39, 0.29) is 5.75 Å². The normalized spacial score (nSPS) is 12.2. The number of hydrogen-bond donors (Lipinski definition) is 0. The maximum absolute atomic E-state index is 11.4. The number of halogens is 1. The lowest BCUT2D eigenvalue weighted by atomic mass is 10.2. The van der Waals surface area contributed by atoms with Crippen molar-refractivity contribution in [1.82, 2.24) is 4.57 Å². The van der Waals surface area contributed by atoms with Gasteiger partial charge in [-0.2, -0.15) is 0 Å². The first-order valence-electron chi connectivity index (χ1n) is 5.36. The molecule has 3 nitrogen and oxygen atoms in total. The lowest BCUT2D eigenvalue weighted by molar-refractivity contribution is 0.598. The number of rotatable bonds is 3. The van der Waals surface area contributed by atoms with E-state index in [1.807, 2.05) is 35.8 Å². The van der Waals surface area contributed by atoms with Crippen molar-refractivity contribution in [3.8, 4) is 0 Å². The molecule has 1 aromatic heterocycles. The Labute approximate surface area is 109 Å². The van der Waals surface area contributed by atoms with Gasteiger partial charge in [-0.3, -0.25) is 0 Å². The maximum atomic E-state index is 11.4. The van der Waals surface area contributed by atoms with E-state index in [0.29, 0.717) is 0 Å². The zero-order valence-electron chi connectivity index (χ0n) is 9.77. The molecule has 0 aliphatic heterocycles. The molecule has 0 spiro atoms. The molecule has 5 heteroatoms. The van der Waals surface area contributed by atoms with Crippen molar-refractivity contribution in [2.45, 2.75) is 19.2 Å². The number of benzene rings is 1. The van der Waals surface area contributed by atoms with Gasteiger partial charge in [0.1, 0.15) is 0 Å². The van der Waals surface area contributed by atoms with Crippen molar-refractivity contribution in [3.05, 3.63) is 34.4 Å². The Balaban J connectivity index is 2.69. The predicted molar refractivity (Wildman–Crippen MR) is 73.9 cm³/mol. The molecule has 2 rings (SSSR count). The Morgan fingerprint density at radius 2 is 2.06 bits per heavy atom. The minimum Gasteiger partial charge on any atom is -0.343 e. The van der Waals surface area contributed by atoms with Gasteiger partial charge in [-0.15, -0.1) is 0 Å². The quantitative estimate of drug-likeness (QED) is 0.873. The third-order valence-electron chi connectivity index (χ3n) is 2.68. The zero-order chi connectivity index (χ0) is 12.6. The Morgan fingerprint density at radius 3 is 2.65 bits per heavy atom. The molecule has 0 saturated heterocycles. The number of aromatic nitrogens is 1. The van der Waals surface area contributed by atoms with E-state index in [9.17, 15) is 8.42 Å². The van der Waals surface area contributed by atoms with Gasteiger partial charge in [0.25, 0.3) is 0 Å². The first-order chi connectivity index (χ1) is 7.92. The molecule has 0 fully saturated rings. The third-order valence-corrected chi connectivity index (χ3v) is 4.14. The minimum atomic E-state index is -3.01. The summed E-state index contributed by atoms with van der Waals surface area (Å²) in [4.78, 5) is 0. The number of nitrogens with zero attached hydrogens (tertiary/aromatic N) is 1.